The summed E-state index contributed by atoms with van der Waals surface area (Å²) < 4.78 is 8.63. The number of hydrogen-bond acceptors (Lipinski definition) is 5. The average Bonchev–Trinajstić information content (AvgIpc) is 3.00. The molecular formula is C15H16N2O3S. The van der Waals surface area contributed by atoms with E-state index in [0.717, 1.165) is 11.1 Å². The predicted molar refractivity (Wildman–Crippen MR) is 80.1 cm³/mol. The van der Waals surface area contributed by atoms with E-state index in [2.05, 4.69) is 9.11 Å². The van der Waals surface area contributed by atoms with E-state index in [1.165, 1.54) is 18.6 Å². The van der Waals surface area contributed by atoms with Gasteiger partial charge in [0.1, 0.15) is 0 Å². The number of rotatable bonds is 5. The molecule has 110 valence electrons. The summed E-state index contributed by atoms with van der Waals surface area (Å²) in [4.78, 5) is 25.1. The van der Waals surface area contributed by atoms with Gasteiger partial charge in [-0.25, -0.2) is 9.17 Å². The third kappa shape index (κ3) is 4.13. The maximum atomic E-state index is 12.1. The number of amides is 1. The highest BCUT2D eigenvalue weighted by molar-refractivity contribution is 7.03. The Kier molecular flexibility index (Phi) is 5.05. The maximum absolute atomic E-state index is 12.1. The van der Waals surface area contributed by atoms with Gasteiger partial charge in [-0.15, -0.1) is 0 Å². The predicted octanol–water partition coefficient (Wildman–Crippen LogP) is 2.13. The molecule has 0 fully saturated rings. The summed E-state index contributed by atoms with van der Waals surface area (Å²) >= 11 is 1.34. The summed E-state index contributed by atoms with van der Waals surface area (Å²) in [5, 5.41) is 1.87. The summed E-state index contributed by atoms with van der Waals surface area (Å²) in [6.07, 6.45) is 2.06. The first kappa shape index (κ1) is 15.2. The molecule has 0 radical (unpaired) electrons. The molecule has 0 atom stereocenters. The molecule has 1 heterocycles. The van der Waals surface area contributed by atoms with Crippen molar-refractivity contribution in [2.75, 3.05) is 14.2 Å². The number of esters is 1. The van der Waals surface area contributed by atoms with Gasteiger partial charge in [0.2, 0.25) is 5.91 Å². The molecule has 0 bridgehead atoms. The highest BCUT2D eigenvalue weighted by Gasteiger charge is 2.11. The van der Waals surface area contributed by atoms with Crippen LogP contribution in [0.25, 0.3) is 0 Å². The van der Waals surface area contributed by atoms with Gasteiger partial charge in [0.15, 0.2) is 0 Å². The smallest absolute Gasteiger partial charge is 0.337 e. The molecule has 0 saturated heterocycles. The molecule has 21 heavy (non-hydrogen) atoms. The molecule has 0 aliphatic heterocycles. The second kappa shape index (κ2) is 6.99. The number of ether oxygens (including phenoxy) is 1. The molecule has 5 nitrogen and oxygen atoms in total. The largest absolute Gasteiger partial charge is 0.465 e. The molecular weight excluding hydrogens is 288 g/mol. The Labute approximate surface area is 127 Å². The molecule has 0 aliphatic rings. The second-order valence-electron chi connectivity index (χ2n) is 4.65. The van der Waals surface area contributed by atoms with Gasteiger partial charge < -0.3 is 9.64 Å². The topological polar surface area (TPSA) is 59.5 Å². The maximum Gasteiger partial charge on any atom is 0.337 e. The van der Waals surface area contributed by atoms with Crippen LogP contribution < -0.4 is 0 Å². The van der Waals surface area contributed by atoms with E-state index in [4.69, 9.17) is 0 Å². The Bertz CT molecular complexity index is 608. The Balaban J connectivity index is 1.94. The van der Waals surface area contributed by atoms with Gasteiger partial charge in [0.25, 0.3) is 0 Å². The lowest BCUT2D eigenvalue weighted by Gasteiger charge is -2.17. The van der Waals surface area contributed by atoms with Crippen LogP contribution in [-0.4, -0.2) is 35.3 Å². The Morgan fingerprint density at radius 3 is 2.52 bits per heavy atom. The lowest BCUT2D eigenvalue weighted by atomic mass is 10.1. The zero-order valence-electron chi connectivity index (χ0n) is 11.9. The van der Waals surface area contributed by atoms with Crippen LogP contribution in [0, 0.1) is 0 Å². The zero-order valence-corrected chi connectivity index (χ0v) is 12.7. The molecule has 6 heteroatoms. The minimum atomic E-state index is -0.365. The molecule has 0 aliphatic carbocycles. The van der Waals surface area contributed by atoms with E-state index in [9.17, 15) is 9.59 Å². The lowest BCUT2D eigenvalue weighted by molar-refractivity contribution is -0.129. The normalized spacial score (nSPS) is 10.2. The fourth-order valence-corrected chi connectivity index (χ4v) is 2.39. The van der Waals surface area contributed by atoms with Crippen LogP contribution in [0.5, 0.6) is 0 Å². The number of likely N-dealkylation sites (N-methyl/N-ethyl adjacent to an activating group) is 1. The van der Waals surface area contributed by atoms with E-state index in [1.54, 1.807) is 30.3 Å². The number of aromatic nitrogens is 1. The number of carbonyl (C=O) groups excluding carboxylic acids is 2. The summed E-state index contributed by atoms with van der Waals surface area (Å²) in [7, 11) is 3.11. The fourth-order valence-electron chi connectivity index (χ4n) is 1.85. The summed E-state index contributed by atoms with van der Waals surface area (Å²) in [5.74, 6) is -0.330. The standard InChI is InChI=1S/C15H16N2O3S/c1-17(14(18)7-12-8-16-21-10-12)9-11-3-5-13(6-4-11)15(19)20-2/h3-6,8,10H,7,9H2,1-2H3. The fraction of sp³-hybridized carbons (Fsp3) is 0.267. The van der Waals surface area contributed by atoms with E-state index < -0.39 is 0 Å². The number of hydrogen-bond donors (Lipinski definition) is 0. The van der Waals surface area contributed by atoms with Gasteiger partial charge in [-0.3, -0.25) is 4.79 Å². The van der Waals surface area contributed by atoms with Gasteiger partial charge in [0, 0.05) is 25.2 Å². The lowest BCUT2D eigenvalue weighted by Crippen LogP contribution is -2.27. The number of benzene rings is 1. The summed E-state index contributed by atoms with van der Waals surface area (Å²) in [6.45, 7) is 0.498. The third-order valence-corrected chi connectivity index (χ3v) is 3.69. The summed E-state index contributed by atoms with van der Waals surface area (Å²) in [5.41, 5.74) is 2.39. The van der Waals surface area contributed by atoms with Crippen LogP contribution in [0.15, 0.2) is 35.8 Å². The van der Waals surface area contributed by atoms with E-state index in [-0.39, 0.29) is 11.9 Å². The van der Waals surface area contributed by atoms with Gasteiger partial charge in [0.05, 0.1) is 19.1 Å². The van der Waals surface area contributed by atoms with E-state index in [0.29, 0.717) is 18.5 Å². The van der Waals surface area contributed by atoms with Crippen molar-refractivity contribution < 1.29 is 14.3 Å². The number of carbonyl (C=O) groups is 2. The third-order valence-electron chi connectivity index (χ3n) is 3.06. The van der Waals surface area contributed by atoms with Crippen LogP contribution in [0.4, 0.5) is 0 Å². The molecule has 2 rings (SSSR count). The van der Waals surface area contributed by atoms with Crippen molar-refractivity contribution in [3.05, 3.63) is 52.5 Å². The molecule has 0 spiro atoms. The monoisotopic (exact) mass is 304 g/mol. The second-order valence-corrected chi connectivity index (χ2v) is 5.31. The molecule has 0 N–H and O–H groups in total. The van der Waals surface area contributed by atoms with Crippen molar-refractivity contribution in [2.24, 2.45) is 0 Å². The van der Waals surface area contributed by atoms with Crippen molar-refractivity contribution in [3.63, 3.8) is 0 Å². The molecule has 2 aromatic rings. The highest BCUT2D eigenvalue weighted by atomic mass is 32.1. The van der Waals surface area contributed by atoms with Crippen molar-refractivity contribution >= 4 is 23.4 Å². The molecule has 1 aromatic heterocycles. The van der Waals surface area contributed by atoms with Crippen molar-refractivity contribution in [3.8, 4) is 0 Å². The molecule has 0 unspecified atom stereocenters. The van der Waals surface area contributed by atoms with Gasteiger partial charge in [-0.1, -0.05) is 12.1 Å². The SMILES string of the molecule is COC(=O)c1ccc(CN(C)C(=O)Cc2cnsc2)cc1. The van der Waals surface area contributed by atoms with Gasteiger partial charge in [-0.2, -0.15) is 0 Å². The Morgan fingerprint density at radius 1 is 1.24 bits per heavy atom. The average molecular weight is 304 g/mol. The van der Waals surface area contributed by atoms with Crippen LogP contribution in [0.2, 0.25) is 0 Å². The van der Waals surface area contributed by atoms with E-state index in [1.807, 2.05) is 17.5 Å². The van der Waals surface area contributed by atoms with Gasteiger partial charge >= 0.3 is 5.97 Å². The van der Waals surface area contributed by atoms with Crippen LogP contribution in [0.1, 0.15) is 21.5 Å². The number of nitrogens with zero attached hydrogens (tertiary/aromatic N) is 2. The van der Waals surface area contributed by atoms with Crippen LogP contribution >= 0.6 is 11.5 Å². The first-order valence-electron chi connectivity index (χ1n) is 6.39. The summed E-state index contributed by atoms with van der Waals surface area (Å²) in [6, 6.07) is 7.04. The van der Waals surface area contributed by atoms with Gasteiger partial charge in [-0.05, 0) is 34.8 Å². The molecule has 1 aromatic carbocycles. The highest BCUT2D eigenvalue weighted by Crippen LogP contribution is 2.10. The van der Waals surface area contributed by atoms with Crippen LogP contribution in [-0.2, 0) is 22.5 Å². The van der Waals surface area contributed by atoms with Crippen molar-refractivity contribution in [1.29, 1.82) is 0 Å². The van der Waals surface area contributed by atoms with Crippen molar-refractivity contribution in [1.82, 2.24) is 9.27 Å². The minimum absolute atomic E-state index is 0.0345. The Morgan fingerprint density at radius 2 is 1.95 bits per heavy atom. The zero-order chi connectivity index (χ0) is 15.2. The van der Waals surface area contributed by atoms with Crippen molar-refractivity contribution in [2.45, 2.75) is 13.0 Å². The quantitative estimate of drug-likeness (QED) is 0.794. The molecule has 0 saturated carbocycles. The first-order chi connectivity index (χ1) is 10.1. The van der Waals surface area contributed by atoms with E-state index >= 15 is 0 Å². The van der Waals surface area contributed by atoms with Crippen LogP contribution in [0.3, 0.4) is 0 Å². The molecule has 1 amide bonds. The number of methoxy groups -OCH3 is 1. The first-order valence-corrected chi connectivity index (χ1v) is 7.23. The minimum Gasteiger partial charge on any atom is -0.465 e. The Hall–Kier alpha value is -2.21.